The van der Waals surface area contributed by atoms with Gasteiger partial charge in [0.1, 0.15) is 11.6 Å². The zero-order valence-electron chi connectivity index (χ0n) is 16.2. The Balaban J connectivity index is 1.55. The smallest absolute Gasteiger partial charge is 0.219 e. The van der Waals surface area contributed by atoms with Crippen molar-refractivity contribution in [1.82, 2.24) is 10.3 Å². The van der Waals surface area contributed by atoms with Crippen molar-refractivity contribution in [3.05, 3.63) is 76.7 Å². The zero-order chi connectivity index (χ0) is 20.7. The van der Waals surface area contributed by atoms with Crippen LogP contribution in [-0.4, -0.2) is 23.2 Å². The van der Waals surface area contributed by atoms with Gasteiger partial charge in [0.2, 0.25) is 11.6 Å². The van der Waals surface area contributed by atoms with Crippen LogP contribution in [0.4, 0.5) is 16.0 Å². The Labute approximate surface area is 171 Å². The molecule has 1 aromatic heterocycles. The number of halogens is 1. The van der Waals surface area contributed by atoms with E-state index in [4.69, 9.17) is 9.37 Å². The largest absolute Gasteiger partial charge is 0.497 e. The van der Waals surface area contributed by atoms with E-state index >= 15 is 0 Å². The Hall–Kier alpha value is -3.68. The maximum absolute atomic E-state index is 13.5. The molecule has 8 heteroatoms. The minimum Gasteiger partial charge on any atom is -0.497 e. The molecule has 2 N–H and O–H groups in total. The summed E-state index contributed by atoms with van der Waals surface area (Å²) in [5, 5.41) is 14.3. The van der Waals surface area contributed by atoms with Gasteiger partial charge in [-0.25, -0.2) is 9.02 Å². The Kier molecular flexibility index (Phi) is 4.46. The molecule has 2 atom stereocenters. The molecule has 0 fully saturated rings. The first-order chi connectivity index (χ1) is 14.6. The van der Waals surface area contributed by atoms with Gasteiger partial charge in [0, 0.05) is 17.7 Å². The molecular formula is C22H19FN4O3. The van der Waals surface area contributed by atoms with Crippen LogP contribution in [0.25, 0.3) is 0 Å². The second-order valence-corrected chi connectivity index (χ2v) is 7.41. The Bertz CT molecular complexity index is 1120. The third-order valence-corrected chi connectivity index (χ3v) is 5.63. The summed E-state index contributed by atoms with van der Waals surface area (Å²) in [5.74, 6) is 1.31. The summed E-state index contributed by atoms with van der Waals surface area (Å²) in [6.45, 7) is 0. The van der Waals surface area contributed by atoms with Gasteiger partial charge in [-0.15, -0.1) is 0 Å². The van der Waals surface area contributed by atoms with Gasteiger partial charge in [0.05, 0.1) is 13.2 Å². The van der Waals surface area contributed by atoms with E-state index in [1.54, 1.807) is 19.2 Å². The molecule has 7 nitrogen and oxygen atoms in total. The molecule has 2 aromatic carbocycles. The summed E-state index contributed by atoms with van der Waals surface area (Å²) in [5.41, 5.74) is 3.21. The van der Waals surface area contributed by atoms with E-state index in [0.717, 1.165) is 22.6 Å². The number of hydrogen-bond acceptors (Lipinski definition) is 7. The number of methoxy groups -OCH3 is 1. The van der Waals surface area contributed by atoms with Crippen LogP contribution in [-0.2, 0) is 4.79 Å². The Morgan fingerprint density at radius 2 is 1.70 bits per heavy atom. The van der Waals surface area contributed by atoms with Crippen molar-refractivity contribution >= 4 is 17.4 Å². The number of carbonyl (C=O) groups is 1. The molecule has 0 bridgehead atoms. The van der Waals surface area contributed by atoms with Crippen LogP contribution in [0.5, 0.6) is 5.75 Å². The minimum absolute atomic E-state index is 0.0185. The van der Waals surface area contributed by atoms with Crippen molar-refractivity contribution in [3.63, 3.8) is 0 Å². The fourth-order valence-corrected chi connectivity index (χ4v) is 4.12. The lowest BCUT2D eigenvalue weighted by Gasteiger charge is -2.29. The molecular weight excluding hydrogens is 387 g/mol. The van der Waals surface area contributed by atoms with Crippen molar-refractivity contribution in [1.29, 1.82) is 0 Å². The normalized spacial score (nSPS) is 20.5. The molecule has 152 valence electrons. The van der Waals surface area contributed by atoms with Gasteiger partial charge >= 0.3 is 0 Å². The predicted octanol–water partition coefficient (Wildman–Crippen LogP) is 4.20. The maximum atomic E-state index is 13.5. The van der Waals surface area contributed by atoms with E-state index in [0.29, 0.717) is 30.1 Å². The molecule has 0 radical (unpaired) electrons. The second kappa shape index (κ2) is 7.29. The Morgan fingerprint density at radius 3 is 2.43 bits per heavy atom. The average Bonchev–Trinajstić information content (AvgIpc) is 3.13. The average molecular weight is 406 g/mol. The number of carbonyl (C=O) groups excluding carboxylic acids is 1. The van der Waals surface area contributed by atoms with Gasteiger partial charge in [-0.05, 0) is 58.0 Å². The van der Waals surface area contributed by atoms with Crippen molar-refractivity contribution in [3.8, 4) is 5.75 Å². The van der Waals surface area contributed by atoms with Crippen LogP contribution < -0.4 is 15.4 Å². The number of anilines is 2. The van der Waals surface area contributed by atoms with E-state index in [-0.39, 0.29) is 17.5 Å². The lowest BCUT2D eigenvalue weighted by atomic mass is 9.78. The number of Topliss-reactive ketones (excluding diaryl/α,β-unsaturated/α-hetero) is 1. The van der Waals surface area contributed by atoms with E-state index in [1.807, 2.05) is 24.3 Å². The SMILES string of the molecule is COc1ccc([C@@H]2CC(=O)C3=C(C2)Nc2nonc2N[C@H]3c2ccc(F)cc2)cc1. The van der Waals surface area contributed by atoms with Gasteiger partial charge in [-0.3, -0.25) is 4.79 Å². The van der Waals surface area contributed by atoms with Crippen molar-refractivity contribution < 1.29 is 18.6 Å². The molecule has 2 aliphatic rings. The first-order valence-electron chi connectivity index (χ1n) is 9.64. The molecule has 0 amide bonds. The van der Waals surface area contributed by atoms with Crippen LogP contribution in [0, 0.1) is 5.82 Å². The quantitative estimate of drug-likeness (QED) is 0.674. The number of ketones is 1. The van der Waals surface area contributed by atoms with Gasteiger partial charge in [-0.1, -0.05) is 24.3 Å². The van der Waals surface area contributed by atoms with Gasteiger partial charge < -0.3 is 15.4 Å². The molecule has 1 aliphatic heterocycles. The summed E-state index contributed by atoms with van der Waals surface area (Å²) in [7, 11) is 1.62. The summed E-state index contributed by atoms with van der Waals surface area (Å²) in [6.07, 6.45) is 1.00. The fourth-order valence-electron chi connectivity index (χ4n) is 4.12. The van der Waals surface area contributed by atoms with Crippen molar-refractivity contribution in [2.24, 2.45) is 0 Å². The van der Waals surface area contributed by atoms with Gasteiger partial charge in [-0.2, -0.15) is 0 Å². The number of fused-ring (bicyclic) bond motifs is 1. The van der Waals surface area contributed by atoms with E-state index < -0.39 is 6.04 Å². The van der Waals surface area contributed by atoms with E-state index in [1.165, 1.54) is 12.1 Å². The molecule has 2 heterocycles. The molecule has 0 unspecified atom stereocenters. The van der Waals surface area contributed by atoms with Crippen LogP contribution >= 0.6 is 0 Å². The summed E-state index contributed by atoms with van der Waals surface area (Å²) in [6, 6.07) is 13.4. The standard InChI is InChI=1S/C22H19FN4O3/c1-29-16-8-4-12(5-9-16)14-10-17-19(18(28)11-14)20(13-2-6-15(23)7-3-13)25-22-21(24-17)26-30-27-22/h2-9,14,20H,10-11H2,1H3,(H,24,26)(H,25,27)/t14-,20-/m0/s1. The minimum atomic E-state index is -0.481. The third-order valence-electron chi connectivity index (χ3n) is 5.63. The first-order valence-corrected chi connectivity index (χ1v) is 9.64. The highest BCUT2D eigenvalue weighted by Crippen LogP contribution is 2.43. The summed E-state index contributed by atoms with van der Waals surface area (Å²) < 4.78 is 23.6. The van der Waals surface area contributed by atoms with Crippen LogP contribution in [0.2, 0.25) is 0 Å². The lowest BCUT2D eigenvalue weighted by molar-refractivity contribution is -0.116. The molecule has 1 aliphatic carbocycles. The monoisotopic (exact) mass is 406 g/mol. The zero-order valence-corrected chi connectivity index (χ0v) is 16.2. The second-order valence-electron chi connectivity index (χ2n) is 7.41. The van der Waals surface area contributed by atoms with Crippen molar-refractivity contribution in [2.75, 3.05) is 17.7 Å². The molecule has 0 spiro atoms. The number of hydrogen-bond donors (Lipinski definition) is 2. The summed E-state index contributed by atoms with van der Waals surface area (Å²) >= 11 is 0. The Morgan fingerprint density at radius 1 is 1.00 bits per heavy atom. The number of benzene rings is 2. The number of ether oxygens (including phenoxy) is 1. The molecule has 0 saturated heterocycles. The van der Waals surface area contributed by atoms with E-state index in [9.17, 15) is 9.18 Å². The van der Waals surface area contributed by atoms with E-state index in [2.05, 4.69) is 20.9 Å². The highest BCUT2D eigenvalue weighted by Gasteiger charge is 2.37. The molecule has 0 saturated carbocycles. The lowest BCUT2D eigenvalue weighted by Crippen LogP contribution is -2.27. The number of aromatic nitrogens is 2. The number of nitrogens with zero attached hydrogens (tertiary/aromatic N) is 2. The van der Waals surface area contributed by atoms with Gasteiger partial charge in [0.25, 0.3) is 0 Å². The highest BCUT2D eigenvalue weighted by atomic mass is 19.1. The maximum Gasteiger partial charge on any atom is 0.219 e. The third kappa shape index (κ3) is 3.20. The first kappa shape index (κ1) is 18.4. The highest BCUT2D eigenvalue weighted by molar-refractivity contribution is 6.00. The number of allylic oxidation sites excluding steroid dienone is 1. The van der Waals surface area contributed by atoms with Crippen LogP contribution in [0.1, 0.15) is 35.9 Å². The van der Waals surface area contributed by atoms with Crippen molar-refractivity contribution in [2.45, 2.75) is 24.8 Å². The van der Waals surface area contributed by atoms with Crippen LogP contribution in [0.3, 0.4) is 0 Å². The van der Waals surface area contributed by atoms with Gasteiger partial charge in [0.15, 0.2) is 5.78 Å². The fraction of sp³-hybridized carbons (Fsp3) is 0.227. The topological polar surface area (TPSA) is 89.3 Å². The number of rotatable bonds is 3. The molecule has 3 aromatic rings. The molecule has 30 heavy (non-hydrogen) atoms. The summed E-state index contributed by atoms with van der Waals surface area (Å²) in [4.78, 5) is 13.3. The molecule has 5 rings (SSSR count). The van der Waals surface area contributed by atoms with Crippen LogP contribution in [0.15, 0.2) is 64.4 Å². The predicted molar refractivity (Wildman–Crippen MR) is 108 cm³/mol. The number of nitrogens with one attached hydrogen (secondary N) is 2.